The minimum atomic E-state index is -4.56. The molecule has 0 unspecified atom stereocenters. The van der Waals surface area contributed by atoms with E-state index in [4.69, 9.17) is 14.2 Å². The van der Waals surface area contributed by atoms with E-state index >= 15 is 0 Å². The molecule has 4 aromatic carbocycles. The smallest absolute Gasteiger partial charge is 0.416 e. The number of nitrogens with zero attached hydrogens (tertiary/aromatic N) is 1. The topological polar surface area (TPSA) is 85.3 Å². The number of carbonyl (C=O) groups excluding carboxylic acids is 1. The molecule has 230 valence electrons. The lowest BCUT2D eigenvalue weighted by Gasteiger charge is -2.24. The van der Waals surface area contributed by atoms with Crippen LogP contribution in [0.1, 0.15) is 43.0 Å². The summed E-state index contributed by atoms with van der Waals surface area (Å²) in [6.45, 7) is 6.26. The van der Waals surface area contributed by atoms with Gasteiger partial charge in [0, 0.05) is 25.6 Å². The standard InChI is InChI=1S/C34H32F3NO6/c1-22-17-29(15-16-30(22)44-33(3,4)32(40)41)42-28-12-8-9-24(18-28)20-38(23(2)39)21-25-13-14-26(34(35,36)37)19-31(25)43-27-10-6-5-7-11-27/h5-19H,20-21H2,1-4H3,(H,40,41). The molecule has 1 amide bonds. The number of benzene rings is 4. The third kappa shape index (κ3) is 8.31. The molecule has 0 saturated carbocycles. The first-order chi connectivity index (χ1) is 20.7. The summed E-state index contributed by atoms with van der Waals surface area (Å²) in [5.41, 5.74) is -0.435. The Kier molecular flexibility index (Phi) is 9.52. The molecule has 4 rings (SSSR count). The third-order valence-electron chi connectivity index (χ3n) is 6.71. The van der Waals surface area contributed by atoms with Gasteiger partial charge in [-0.1, -0.05) is 36.4 Å². The number of alkyl halides is 3. The summed E-state index contributed by atoms with van der Waals surface area (Å²) in [5.74, 6) is 0.402. The van der Waals surface area contributed by atoms with Crippen LogP contribution in [0.25, 0.3) is 0 Å². The summed E-state index contributed by atoms with van der Waals surface area (Å²) in [6, 6.07) is 23.8. The molecule has 4 aromatic rings. The Labute approximate surface area is 253 Å². The summed E-state index contributed by atoms with van der Waals surface area (Å²) in [6.07, 6.45) is -4.56. The number of carbonyl (C=O) groups is 2. The second kappa shape index (κ2) is 13.1. The van der Waals surface area contributed by atoms with Crippen LogP contribution in [-0.4, -0.2) is 27.5 Å². The molecule has 0 aromatic heterocycles. The van der Waals surface area contributed by atoms with Crippen molar-refractivity contribution in [2.75, 3.05) is 0 Å². The van der Waals surface area contributed by atoms with E-state index in [0.29, 0.717) is 34.1 Å². The van der Waals surface area contributed by atoms with Gasteiger partial charge in [0.1, 0.15) is 28.7 Å². The number of amides is 1. The quantitative estimate of drug-likeness (QED) is 0.184. The van der Waals surface area contributed by atoms with Crippen LogP contribution in [0.5, 0.6) is 28.7 Å². The molecule has 0 spiro atoms. The minimum Gasteiger partial charge on any atom is -0.478 e. The van der Waals surface area contributed by atoms with Crippen LogP contribution in [0.2, 0.25) is 0 Å². The first-order valence-corrected chi connectivity index (χ1v) is 13.7. The second-order valence-corrected chi connectivity index (χ2v) is 10.7. The predicted molar refractivity (Wildman–Crippen MR) is 158 cm³/mol. The fourth-order valence-corrected chi connectivity index (χ4v) is 4.24. The average Bonchev–Trinajstić information content (AvgIpc) is 2.95. The molecule has 0 aliphatic rings. The molecule has 0 radical (unpaired) electrons. The van der Waals surface area contributed by atoms with E-state index < -0.39 is 23.3 Å². The van der Waals surface area contributed by atoms with E-state index in [0.717, 1.165) is 17.7 Å². The van der Waals surface area contributed by atoms with Crippen LogP contribution in [-0.2, 0) is 28.9 Å². The molecular formula is C34H32F3NO6. The number of rotatable bonds is 11. The SMILES string of the molecule is CC(=O)N(Cc1cccc(Oc2ccc(OC(C)(C)C(=O)O)c(C)c2)c1)Cc1ccc(C(F)(F)F)cc1Oc1ccccc1. The van der Waals surface area contributed by atoms with Gasteiger partial charge in [0.05, 0.1) is 5.56 Å². The molecule has 0 heterocycles. The Hall–Kier alpha value is -4.99. The summed E-state index contributed by atoms with van der Waals surface area (Å²) < 4.78 is 57.9. The van der Waals surface area contributed by atoms with Gasteiger partial charge >= 0.3 is 12.1 Å². The van der Waals surface area contributed by atoms with E-state index in [-0.39, 0.29) is 24.7 Å². The third-order valence-corrected chi connectivity index (χ3v) is 6.71. The first-order valence-electron chi connectivity index (χ1n) is 13.7. The Morgan fingerprint density at radius 3 is 2.09 bits per heavy atom. The number of para-hydroxylation sites is 1. The van der Waals surface area contributed by atoms with Gasteiger partial charge in [-0.3, -0.25) is 4.79 Å². The lowest BCUT2D eigenvalue weighted by Crippen LogP contribution is -2.38. The van der Waals surface area contributed by atoms with Crippen LogP contribution in [0.4, 0.5) is 13.2 Å². The molecule has 0 atom stereocenters. The molecule has 44 heavy (non-hydrogen) atoms. The van der Waals surface area contributed by atoms with Crippen molar-refractivity contribution in [3.8, 4) is 28.7 Å². The number of ether oxygens (including phenoxy) is 3. The van der Waals surface area contributed by atoms with Crippen LogP contribution < -0.4 is 14.2 Å². The number of hydrogen-bond donors (Lipinski definition) is 1. The Morgan fingerprint density at radius 2 is 1.45 bits per heavy atom. The molecule has 0 aliphatic heterocycles. The highest BCUT2D eigenvalue weighted by Gasteiger charge is 2.32. The number of aryl methyl sites for hydroxylation is 1. The Morgan fingerprint density at radius 1 is 0.773 bits per heavy atom. The van der Waals surface area contributed by atoms with Gasteiger partial charge in [0.15, 0.2) is 5.60 Å². The van der Waals surface area contributed by atoms with E-state index in [1.165, 1.54) is 31.7 Å². The van der Waals surface area contributed by atoms with Gasteiger partial charge in [-0.25, -0.2) is 4.79 Å². The number of carboxylic acid groups (broad SMARTS) is 1. The van der Waals surface area contributed by atoms with Crippen LogP contribution in [0, 0.1) is 6.92 Å². The van der Waals surface area contributed by atoms with Gasteiger partial charge in [-0.15, -0.1) is 0 Å². The first kappa shape index (κ1) is 31.9. The molecule has 0 aliphatic carbocycles. The van der Waals surface area contributed by atoms with Gasteiger partial charge in [0.25, 0.3) is 0 Å². The summed E-state index contributed by atoms with van der Waals surface area (Å²) in [4.78, 5) is 25.6. The van der Waals surface area contributed by atoms with Crippen molar-refractivity contribution in [2.45, 2.75) is 52.6 Å². The van der Waals surface area contributed by atoms with Crippen LogP contribution >= 0.6 is 0 Å². The summed E-state index contributed by atoms with van der Waals surface area (Å²) in [7, 11) is 0. The molecule has 1 N–H and O–H groups in total. The Bertz CT molecular complexity index is 1640. The van der Waals surface area contributed by atoms with E-state index in [9.17, 15) is 27.9 Å². The molecule has 0 saturated heterocycles. The van der Waals surface area contributed by atoms with Crippen molar-refractivity contribution in [1.29, 1.82) is 0 Å². The lowest BCUT2D eigenvalue weighted by atomic mass is 10.1. The highest BCUT2D eigenvalue weighted by molar-refractivity contribution is 5.77. The van der Waals surface area contributed by atoms with E-state index in [1.807, 2.05) is 6.07 Å². The zero-order valence-electron chi connectivity index (χ0n) is 24.6. The molecular weight excluding hydrogens is 575 g/mol. The fourth-order valence-electron chi connectivity index (χ4n) is 4.24. The number of halogens is 3. The predicted octanol–water partition coefficient (Wildman–Crippen LogP) is 8.39. The summed E-state index contributed by atoms with van der Waals surface area (Å²) >= 11 is 0. The van der Waals surface area contributed by atoms with Crippen molar-refractivity contribution in [1.82, 2.24) is 4.90 Å². The molecule has 0 bridgehead atoms. The maximum absolute atomic E-state index is 13.5. The maximum Gasteiger partial charge on any atom is 0.416 e. The fraction of sp³-hybridized carbons (Fsp3) is 0.235. The monoisotopic (exact) mass is 607 g/mol. The van der Waals surface area contributed by atoms with Crippen molar-refractivity contribution in [3.63, 3.8) is 0 Å². The zero-order valence-corrected chi connectivity index (χ0v) is 24.6. The molecule has 7 nitrogen and oxygen atoms in total. The highest BCUT2D eigenvalue weighted by atomic mass is 19.4. The Balaban J connectivity index is 1.52. The van der Waals surface area contributed by atoms with Crippen molar-refractivity contribution in [3.05, 3.63) is 113 Å². The van der Waals surface area contributed by atoms with E-state index in [2.05, 4.69) is 0 Å². The number of aliphatic carboxylic acids is 1. The largest absolute Gasteiger partial charge is 0.478 e. The van der Waals surface area contributed by atoms with Crippen LogP contribution in [0.3, 0.4) is 0 Å². The number of carboxylic acids is 1. The van der Waals surface area contributed by atoms with Gasteiger partial charge in [-0.05, 0) is 86.5 Å². The normalized spacial score (nSPS) is 11.5. The van der Waals surface area contributed by atoms with Gasteiger partial charge in [-0.2, -0.15) is 13.2 Å². The van der Waals surface area contributed by atoms with E-state index in [1.54, 1.807) is 73.7 Å². The number of hydrogen-bond acceptors (Lipinski definition) is 5. The zero-order chi connectivity index (χ0) is 32.1. The van der Waals surface area contributed by atoms with Crippen molar-refractivity contribution >= 4 is 11.9 Å². The minimum absolute atomic E-state index is 0.00361. The highest BCUT2D eigenvalue weighted by Crippen LogP contribution is 2.36. The second-order valence-electron chi connectivity index (χ2n) is 10.7. The average molecular weight is 608 g/mol. The van der Waals surface area contributed by atoms with Gasteiger partial charge < -0.3 is 24.2 Å². The maximum atomic E-state index is 13.5. The lowest BCUT2D eigenvalue weighted by molar-refractivity contribution is -0.152. The molecule has 0 fully saturated rings. The van der Waals surface area contributed by atoms with Crippen molar-refractivity contribution in [2.24, 2.45) is 0 Å². The van der Waals surface area contributed by atoms with Gasteiger partial charge in [0.2, 0.25) is 5.91 Å². The molecule has 10 heteroatoms. The summed E-state index contributed by atoms with van der Waals surface area (Å²) in [5, 5.41) is 9.34. The van der Waals surface area contributed by atoms with Crippen LogP contribution in [0.15, 0.2) is 91.0 Å². The van der Waals surface area contributed by atoms with Crippen molar-refractivity contribution < 1.29 is 42.1 Å².